The van der Waals surface area contributed by atoms with Crippen molar-refractivity contribution in [1.82, 2.24) is 29.8 Å². The van der Waals surface area contributed by atoms with E-state index in [0.29, 0.717) is 23.5 Å². The molecule has 0 unspecified atom stereocenters. The molecule has 1 amide bonds. The predicted molar refractivity (Wildman–Crippen MR) is 108 cm³/mol. The van der Waals surface area contributed by atoms with Crippen LogP contribution in [-0.2, 0) is 13.6 Å². The van der Waals surface area contributed by atoms with Gasteiger partial charge < -0.3 is 10.6 Å². The minimum absolute atomic E-state index is 0.301. The van der Waals surface area contributed by atoms with Gasteiger partial charge in [-0.1, -0.05) is 0 Å². The van der Waals surface area contributed by atoms with Crippen LogP contribution in [0.15, 0.2) is 36.8 Å². The van der Waals surface area contributed by atoms with Gasteiger partial charge in [0.1, 0.15) is 5.69 Å². The summed E-state index contributed by atoms with van der Waals surface area (Å²) in [6.45, 7) is 6.24. The van der Waals surface area contributed by atoms with E-state index in [-0.39, 0.29) is 5.91 Å². The Hall–Kier alpha value is -3.04. The van der Waals surface area contributed by atoms with Gasteiger partial charge in [-0.2, -0.15) is 10.2 Å². The third-order valence-electron chi connectivity index (χ3n) is 5.05. The molecule has 1 aromatic carbocycles. The summed E-state index contributed by atoms with van der Waals surface area (Å²) in [5.74, 6) is -0.761. The summed E-state index contributed by atoms with van der Waals surface area (Å²) >= 11 is 0. The second-order valence-corrected chi connectivity index (χ2v) is 7.24. The number of carbonyl (C=O) groups is 1. The third-order valence-corrected chi connectivity index (χ3v) is 5.05. The van der Waals surface area contributed by atoms with Gasteiger partial charge in [0.05, 0.1) is 23.7 Å². The maximum Gasteiger partial charge on any atom is 0.259 e. The van der Waals surface area contributed by atoms with Gasteiger partial charge in [0, 0.05) is 51.7 Å². The van der Waals surface area contributed by atoms with Crippen LogP contribution in [-0.4, -0.2) is 56.5 Å². The van der Waals surface area contributed by atoms with Gasteiger partial charge >= 0.3 is 0 Å². The molecule has 0 spiro atoms. The van der Waals surface area contributed by atoms with E-state index in [1.54, 1.807) is 35.4 Å². The highest BCUT2D eigenvalue weighted by Gasteiger charge is 2.20. The first-order chi connectivity index (χ1) is 14.0. The molecule has 0 atom stereocenters. The van der Waals surface area contributed by atoms with E-state index in [1.807, 2.05) is 14.0 Å². The summed E-state index contributed by atoms with van der Waals surface area (Å²) in [6, 6.07) is 4.57. The Bertz CT molecular complexity index is 1020. The standard InChI is InChI=1S/C20H24FN7O/c1-14-10-24-28(12-14)18-4-3-15(9-17(18)21)25-20(29)16-11-23-26(2)19(16)13-27-7-5-22-6-8-27/h3-4,9-12,22H,5-8,13H2,1-2H3,(H,25,29). The largest absolute Gasteiger partial charge is 0.322 e. The number of rotatable bonds is 5. The van der Waals surface area contributed by atoms with Crippen LogP contribution < -0.4 is 10.6 Å². The van der Waals surface area contributed by atoms with Gasteiger partial charge in [-0.3, -0.25) is 14.4 Å². The average molecular weight is 397 g/mol. The van der Waals surface area contributed by atoms with Crippen molar-refractivity contribution in [3.63, 3.8) is 0 Å². The number of carbonyl (C=O) groups excluding carboxylic acids is 1. The summed E-state index contributed by atoms with van der Waals surface area (Å²) in [5.41, 5.74) is 3.00. The Kier molecular flexibility index (Phi) is 5.41. The molecule has 3 aromatic rings. The van der Waals surface area contributed by atoms with Crippen LogP contribution in [0.25, 0.3) is 5.69 Å². The molecule has 2 aromatic heterocycles. The quantitative estimate of drug-likeness (QED) is 0.685. The molecular weight excluding hydrogens is 373 g/mol. The number of aromatic nitrogens is 4. The lowest BCUT2D eigenvalue weighted by Gasteiger charge is -2.27. The fourth-order valence-electron chi connectivity index (χ4n) is 3.43. The summed E-state index contributed by atoms with van der Waals surface area (Å²) in [6.07, 6.45) is 4.97. The first-order valence-electron chi connectivity index (χ1n) is 9.58. The van der Waals surface area contributed by atoms with Crippen molar-refractivity contribution >= 4 is 11.6 Å². The second kappa shape index (κ2) is 8.14. The van der Waals surface area contributed by atoms with Crippen LogP contribution in [0.3, 0.4) is 0 Å². The SMILES string of the molecule is Cc1cnn(-c2ccc(NC(=O)c3cnn(C)c3CN3CCNCC3)cc2F)c1. The molecule has 29 heavy (non-hydrogen) atoms. The van der Waals surface area contributed by atoms with Crippen LogP contribution in [0.1, 0.15) is 21.6 Å². The molecule has 4 rings (SSSR count). The lowest BCUT2D eigenvalue weighted by Crippen LogP contribution is -2.43. The van der Waals surface area contributed by atoms with Crippen molar-refractivity contribution < 1.29 is 9.18 Å². The summed E-state index contributed by atoms with van der Waals surface area (Å²) in [5, 5.41) is 14.5. The monoisotopic (exact) mass is 397 g/mol. The minimum atomic E-state index is -0.460. The molecule has 1 aliphatic heterocycles. The predicted octanol–water partition coefficient (Wildman–Crippen LogP) is 1.71. The zero-order valence-electron chi connectivity index (χ0n) is 16.5. The van der Waals surface area contributed by atoms with Gasteiger partial charge in [-0.05, 0) is 30.7 Å². The van der Waals surface area contributed by atoms with Crippen molar-refractivity contribution in [2.45, 2.75) is 13.5 Å². The maximum absolute atomic E-state index is 14.5. The van der Waals surface area contributed by atoms with Crippen molar-refractivity contribution in [1.29, 1.82) is 0 Å². The minimum Gasteiger partial charge on any atom is -0.322 e. The molecule has 1 aliphatic rings. The molecule has 9 heteroatoms. The number of halogens is 1. The summed E-state index contributed by atoms with van der Waals surface area (Å²) < 4.78 is 17.7. The van der Waals surface area contributed by atoms with Gasteiger partial charge in [-0.25, -0.2) is 9.07 Å². The number of nitrogens with zero attached hydrogens (tertiary/aromatic N) is 5. The van der Waals surface area contributed by atoms with Gasteiger partial charge in [0.15, 0.2) is 5.82 Å². The van der Waals surface area contributed by atoms with E-state index in [9.17, 15) is 9.18 Å². The molecule has 0 aliphatic carbocycles. The highest BCUT2D eigenvalue weighted by molar-refractivity contribution is 6.05. The lowest BCUT2D eigenvalue weighted by atomic mass is 10.2. The molecule has 8 nitrogen and oxygen atoms in total. The Labute approximate surface area is 168 Å². The molecular formula is C20H24FN7O. The Morgan fingerprint density at radius 1 is 1.24 bits per heavy atom. The van der Waals surface area contributed by atoms with Crippen LogP contribution in [0, 0.1) is 12.7 Å². The van der Waals surface area contributed by atoms with Crippen molar-refractivity contribution in [3.8, 4) is 5.69 Å². The highest BCUT2D eigenvalue weighted by Crippen LogP contribution is 2.20. The molecule has 3 heterocycles. The molecule has 0 saturated carbocycles. The van der Waals surface area contributed by atoms with E-state index in [2.05, 4.69) is 25.7 Å². The molecule has 1 saturated heterocycles. The van der Waals surface area contributed by atoms with Crippen LogP contribution in [0.4, 0.5) is 10.1 Å². The van der Waals surface area contributed by atoms with Crippen molar-refractivity contribution in [2.24, 2.45) is 7.05 Å². The number of hydrogen-bond acceptors (Lipinski definition) is 5. The number of hydrogen-bond donors (Lipinski definition) is 2. The molecule has 152 valence electrons. The Balaban J connectivity index is 1.50. The van der Waals surface area contributed by atoms with Crippen LogP contribution in [0.5, 0.6) is 0 Å². The number of benzene rings is 1. The average Bonchev–Trinajstić information content (AvgIpc) is 3.29. The summed E-state index contributed by atoms with van der Waals surface area (Å²) in [7, 11) is 1.83. The van der Waals surface area contributed by atoms with Gasteiger partial charge in [-0.15, -0.1) is 0 Å². The zero-order chi connectivity index (χ0) is 20.4. The van der Waals surface area contributed by atoms with E-state index in [4.69, 9.17) is 0 Å². The van der Waals surface area contributed by atoms with Gasteiger partial charge in [0.25, 0.3) is 5.91 Å². The van der Waals surface area contributed by atoms with E-state index in [1.165, 1.54) is 10.7 Å². The first-order valence-corrected chi connectivity index (χ1v) is 9.58. The fourth-order valence-corrected chi connectivity index (χ4v) is 3.43. The molecule has 2 N–H and O–H groups in total. The number of nitrogens with one attached hydrogen (secondary N) is 2. The fraction of sp³-hybridized carbons (Fsp3) is 0.350. The van der Waals surface area contributed by atoms with Crippen LogP contribution in [0.2, 0.25) is 0 Å². The zero-order valence-corrected chi connectivity index (χ0v) is 16.5. The maximum atomic E-state index is 14.5. The van der Waals surface area contributed by atoms with E-state index >= 15 is 0 Å². The van der Waals surface area contributed by atoms with Crippen molar-refractivity contribution in [3.05, 3.63) is 59.4 Å². The summed E-state index contributed by atoms with van der Waals surface area (Å²) in [4.78, 5) is 15.1. The van der Waals surface area contributed by atoms with Gasteiger partial charge in [0.2, 0.25) is 0 Å². The van der Waals surface area contributed by atoms with Crippen LogP contribution >= 0.6 is 0 Å². The Morgan fingerprint density at radius 3 is 2.72 bits per heavy atom. The Morgan fingerprint density at radius 2 is 2.03 bits per heavy atom. The number of aryl methyl sites for hydroxylation is 2. The van der Waals surface area contributed by atoms with E-state index < -0.39 is 5.82 Å². The number of amides is 1. The smallest absolute Gasteiger partial charge is 0.259 e. The lowest BCUT2D eigenvalue weighted by molar-refractivity contribution is 0.102. The topological polar surface area (TPSA) is 80.0 Å². The molecule has 0 radical (unpaired) electrons. The normalized spacial score (nSPS) is 14.9. The number of piperazine rings is 1. The second-order valence-electron chi connectivity index (χ2n) is 7.24. The number of anilines is 1. The highest BCUT2D eigenvalue weighted by atomic mass is 19.1. The molecule has 1 fully saturated rings. The molecule has 0 bridgehead atoms. The van der Waals surface area contributed by atoms with Crippen molar-refractivity contribution in [2.75, 3.05) is 31.5 Å². The third kappa shape index (κ3) is 4.20. The first kappa shape index (κ1) is 19.3. The van der Waals surface area contributed by atoms with E-state index in [0.717, 1.165) is 37.4 Å².